The number of H-pyrrole nitrogens is 1. The molecule has 0 fully saturated rings. The van der Waals surface area contributed by atoms with E-state index < -0.39 is 0 Å². The number of hydrogen-bond donors (Lipinski definition) is 1. The Labute approximate surface area is 114 Å². The average molecular weight is 259 g/mol. The van der Waals surface area contributed by atoms with Gasteiger partial charge in [-0.15, -0.1) is 0 Å². The van der Waals surface area contributed by atoms with E-state index in [4.69, 9.17) is 4.74 Å². The van der Waals surface area contributed by atoms with Gasteiger partial charge in [-0.05, 0) is 45.1 Å². The van der Waals surface area contributed by atoms with Gasteiger partial charge in [0.25, 0.3) is 0 Å². The van der Waals surface area contributed by atoms with Crippen LogP contribution in [0.25, 0.3) is 11.1 Å². The standard InChI is InChI=1S/C15H21N3O/c1-12-15(11-16-17-12)13-6-4-7-14(10-13)19-9-5-8-18(2)3/h4,6-7,10-11H,5,8-9H2,1-3H3,(H,16,17). The van der Waals surface area contributed by atoms with Gasteiger partial charge in [0.2, 0.25) is 0 Å². The topological polar surface area (TPSA) is 41.1 Å². The number of hydrogen-bond acceptors (Lipinski definition) is 3. The van der Waals surface area contributed by atoms with E-state index in [1.165, 1.54) is 0 Å². The van der Waals surface area contributed by atoms with E-state index in [0.29, 0.717) is 0 Å². The molecule has 0 saturated heterocycles. The van der Waals surface area contributed by atoms with Crippen LogP contribution in [0.1, 0.15) is 12.1 Å². The summed E-state index contributed by atoms with van der Waals surface area (Å²) in [6.07, 6.45) is 2.88. The van der Waals surface area contributed by atoms with Gasteiger partial charge in [0, 0.05) is 17.8 Å². The van der Waals surface area contributed by atoms with E-state index in [1.54, 1.807) is 0 Å². The largest absolute Gasteiger partial charge is 0.494 e. The first-order valence-electron chi connectivity index (χ1n) is 6.55. The summed E-state index contributed by atoms with van der Waals surface area (Å²) in [5, 5.41) is 7.01. The fraction of sp³-hybridized carbons (Fsp3) is 0.400. The van der Waals surface area contributed by atoms with Gasteiger partial charge in [-0.1, -0.05) is 12.1 Å². The Bertz CT molecular complexity index is 520. The van der Waals surface area contributed by atoms with Gasteiger partial charge < -0.3 is 9.64 Å². The van der Waals surface area contributed by atoms with Crippen LogP contribution in [0.2, 0.25) is 0 Å². The van der Waals surface area contributed by atoms with E-state index in [0.717, 1.165) is 42.1 Å². The fourth-order valence-corrected chi connectivity index (χ4v) is 1.97. The first-order valence-corrected chi connectivity index (χ1v) is 6.55. The monoisotopic (exact) mass is 259 g/mol. The maximum atomic E-state index is 5.78. The highest BCUT2D eigenvalue weighted by Crippen LogP contribution is 2.25. The molecule has 0 saturated carbocycles. The van der Waals surface area contributed by atoms with Gasteiger partial charge in [0.1, 0.15) is 5.75 Å². The van der Waals surface area contributed by atoms with Gasteiger partial charge in [-0.3, -0.25) is 5.10 Å². The number of aryl methyl sites for hydroxylation is 1. The van der Waals surface area contributed by atoms with Crippen molar-refractivity contribution in [1.29, 1.82) is 0 Å². The van der Waals surface area contributed by atoms with Crippen LogP contribution in [0, 0.1) is 6.92 Å². The lowest BCUT2D eigenvalue weighted by atomic mass is 10.1. The molecule has 19 heavy (non-hydrogen) atoms. The molecule has 0 bridgehead atoms. The van der Waals surface area contributed by atoms with Crippen LogP contribution in [-0.2, 0) is 0 Å². The van der Waals surface area contributed by atoms with Crippen LogP contribution >= 0.6 is 0 Å². The summed E-state index contributed by atoms with van der Waals surface area (Å²) < 4.78 is 5.78. The molecule has 0 atom stereocenters. The van der Waals surface area contributed by atoms with Crippen molar-refractivity contribution in [1.82, 2.24) is 15.1 Å². The van der Waals surface area contributed by atoms with E-state index in [-0.39, 0.29) is 0 Å². The molecule has 0 unspecified atom stereocenters. The molecule has 102 valence electrons. The second-order valence-corrected chi connectivity index (χ2v) is 4.94. The quantitative estimate of drug-likeness (QED) is 0.811. The summed E-state index contributed by atoms with van der Waals surface area (Å²) in [6.45, 7) is 3.81. The summed E-state index contributed by atoms with van der Waals surface area (Å²) in [6, 6.07) is 8.15. The van der Waals surface area contributed by atoms with Crippen molar-refractivity contribution in [3.63, 3.8) is 0 Å². The molecule has 0 aliphatic carbocycles. The van der Waals surface area contributed by atoms with Crippen molar-refractivity contribution in [2.45, 2.75) is 13.3 Å². The lowest BCUT2D eigenvalue weighted by molar-refractivity contribution is 0.281. The Kier molecular flexibility index (Phi) is 4.58. The number of aromatic amines is 1. The third kappa shape index (κ3) is 3.83. The summed E-state index contributed by atoms with van der Waals surface area (Å²) in [5.74, 6) is 0.914. The van der Waals surface area contributed by atoms with Crippen molar-refractivity contribution < 1.29 is 4.74 Å². The maximum Gasteiger partial charge on any atom is 0.119 e. The maximum absolute atomic E-state index is 5.78. The van der Waals surface area contributed by atoms with Crippen molar-refractivity contribution in [3.8, 4) is 16.9 Å². The van der Waals surface area contributed by atoms with Crippen LogP contribution in [-0.4, -0.2) is 42.3 Å². The SMILES string of the molecule is Cc1[nH]ncc1-c1cccc(OCCCN(C)C)c1. The van der Waals surface area contributed by atoms with Crippen LogP contribution in [0.4, 0.5) is 0 Å². The van der Waals surface area contributed by atoms with Crippen LogP contribution < -0.4 is 4.74 Å². The van der Waals surface area contributed by atoms with Crippen molar-refractivity contribution in [2.24, 2.45) is 0 Å². The van der Waals surface area contributed by atoms with E-state index in [2.05, 4.69) is 41.3 Å². The zero-order valence-corrected chi connectivity index (χ0v) is 11.8. The molecular formula is C15H21N3O. The van der Waals surface area contributed by atoms with Gasteiger partial charge in [0.15, 0.2) is 0 Å². The first kappa shape index (κ1) is 13.6. The molecule has 1 heterocycles. The Morgan fingerprint density at radius 3 is 2.84 bits per heavy atom. The molecule has 4 nitrogen and oxygen atoms in total. The van der Waals surface area contributed by atoms with Crippen LogP contribution in [0.3, 0.4) is 0 Å². The normalized spacial score (nSPS) is 10.9. The van der Waals surface area contributed by atoms with E-state index in [1.807, 2.05) is 25.3 Å². The second kappa shape index (κ2) is 6.38. The van der Waals surface area contributed by atoms with Crippen LogP contribution in [0.5, 0.6) is 5.75 Å². The number of nitrogens with one attached hydrogen (secondary N) is 1. The minimum atomic E-state index is 0.742. The molecule has 0 aliphatic rings. The molecule has 4 heteroatoms. The number of benzene rings is 1. The third-order valence-electron chi connectivity index (χ3n) is 2.99. The number of nitrogens with zero attached hydrogens (tertiary/aromatic N) is 2. The van der Waals surface area contributed by atoms with Gasteiger partial charge in [-0.25, -0.2) is 0 Å². The molecular weight excluding hydrogens is 238 g/mol. The summed E-state index contributed by atoms with van der Waals surface area (Å²) in [4.78, 5) is 2.16. The minimum Gasteiger partial charge on any atom is -0.494 e. The lowest BCUT2D eigenvalue weighted by Crippen LogP contribution is -2.15. The average Bonchev–Trinajstić information content (AvgIpc) is 2.81. The Hall–Kier alpha value is -1.81. The van der Waals surface area contributed by atoms with Crippen LogP contribution in [0.15, 0.2) is 30.5 Å². The zero-order chi connectivity index (χ0) is 13.7. The molecule has 2 rings (SSSR count). The molecule has 0 aliphatic heterocycles. The van der Waals surface area contributed by atoms with E-state index in [9.17, 15) is 0 Å². The summed E-state index contributed by atoms with van der Waals surface area (Å²) >= 11 is 0. The Balaban J connectivity index is 1.98. The number of ether oxygens (including phenoxy) is 1. The Morgan fingerprint density at radius 1 is 1.32 bits per heavy atom. The molecule has 0 spiro atoms. The van der Waals surface area contributed by atoms with Gasteiger partial charge in [-0.2, -0.15) is 5.10 Å². The second-order valence-electron chi connectivity index (χ2n) is 4.94. The van der Waals surface area contributed by atoms with Crippen molar-refractivity contribution in [3.05, 3.63) is 36.2 Å². The van der Waals surface area contributed by atoms with Crippen molar-refractivity contribution >= 4 is 0 Å². The number of rotatable bonds is 6. The molecule has 1 N–H and O–H groups in total. The fourth-order valence-electron chi connectivity index (χ4n) is 1.97. The van der Waals surface area contributed by atoms with Crippen molar-refractivity contribution in [2.75, 3.05) is 27.2 Å². The molecule has 1 aromatic heterocycles. The minimum absolute atomic E-state index is 0.742. The summed E-state index contributed by atoms with van der Waals surface area (Å²) in [5.41, 5.74) is 3.33. The van der Waals surface area contributed by atoms with Gasteiger partial charge >= 0.3 is 0 Å². The molecule has 1 aromatic carbocycles. The summed E-state index contributed by atoms with van der Waals surface area (Å²) in [7, 11) is 4.14. The lowest BCUT2D eigenvalue weighted by Gasteiger charge is -2.11. The third-order valence-corrected chi connectivity index (χ3v) is 2.99. The molecule has 2 aromatic rings. The highest BCUT2D eigenvalue weighted by atomic mass is 16.5. The first-order chi connectivity index (χ1) is 9.16. The van der Waals surface area contributed by atoms with E-state index >= 15 is 0 Å². The predicted octanol–water partition coefficient (Wildman–Crippen LogP) is 2.72. The highest BCUT2D eigenvalue weighted by molar-refractivity contribution is 5.66. The molecule has 0 radical (unpaired) electrons. The predicted molar refractivity (Wildman–Crippen MR) is 77.4 cm³/mol. The highest BCUT2D eigenvalue weighted by Gasteiger charge is 2.04. The number of aromatic nitrogens is 2. The smallest absolute Gasteiger partial charge is 0.119 e. The van der Waals surface area contributed by atoms with Gasteiger partial charge in [0.05, 0.1) is 12.8 Å². The Morgan fingerprint density at radius 2 is 2.16 bits per heavy atom. The zero-order valence-electron chi connectivity index (χ0n) is 11.8. The molecule has 0 amide bonds.